The Morgan fingerprint density at radius 2 is 2.31 bits per heavy atom. The van der Waals surface area contributed by atoms with E-state index in [1.807, 2.05) is 12.1 Å². The molecule has 2 nitrogen and oxygen atoms in total. The Kier molecular flexibility index (Phi) is 3.66. The van der Waals surface area contributed by atoms with Gasteiger partial charge in [-0.25, -0.2) is 0 Å². The molecule has 0 spiro atoms. The molecule has 1 aromatic carbocycles. The first-order valence-corrected chi connectivity index (χ1v) is 6.18. The molecular weight excluding hydrogens is 268 g/mol. The maximum absolute atomic E-state index is 9.41. The Labute approximate surface area is 104 Å². The summed E-state index contributed by atoms with van der Waals surface area (Å²) in [5.41, 5.74) is 2.57. The van der Waals surface area contributed by atoms with Crippen molar-refractivity contribution in [2.45, 2.75) is 25.4 Å². The van der Waals surface area contributed by atoms with Gasteiger partial charge in [-0.05, 0) is 52.9 Å². The number of ether oxygens (including phenoxy) is 1. The molecule has 0 saturated carbocycles. The fraction of sp³-hybridized carbons (Fsp3) is 0.385. The molecule has 1 atom stereocenters. The molecule has 0 aromatic heterocycles. The molecule has 0 fully saturated rings. The number of halogens is 1. The summed E-state index contributed by atoms with van der Waals surface area (Å²) in [4.78, 5) is 0. The van der Waals surface area contributed by atoms with Crippen LogP contribution in [-0.2, 0) is 6.42 Å². The second kappa shape index (κ2) is 5.02. The summed E-state index contributed by atoms with van der Waals surface area (Å²) in [6, 6.07) is 6.10. The Bertz CT molecular complexity index is 412. The summed E-state index contributed by atoms with van der Waals surface area (Å²) in [6.45, 7) is 0. The van der Waals surface area contributed by atoms with Crippen molar-refractivity contribution in [3.63, 3.8) is 0 Å². The van der Waals surface area contributed by atoms with Gasteiger partial charge < -0.3 is 9.84 Å². The average molecular weight is 283 g/mol. The lowest BCUT2D eigenvalue weighted by molar-refractivity contribution is 0.223. The zero-order chi connectivity index (χ0) is 11.5. The molecule has 0 radical (unpaired) electrons. The van der Waals surface area contributed by atoms with Gasteiger partial charge in [-0.15, -0.1) is 0 Å². The van der Waals surface area contributed by atoms with Gasteiger partial charge in [0.25, 0.3) is 0 Å². The van der Waals surface area contributed by atoms with Gasteiger partial charge in [0.15, 0.2) is 0 Å². The second-order valence-electron chi connectivity index (χ2n) is 4.08. The van der Waals surface area contributed by atoms with Crippen LogP contribution in [0, 0.1) is 0 Å². The summed E-state index contributed by atoms with van der Waals surface area (Å²) < 4.78 is 6.16. The number of hydrogen-bond donors (Lipinski definition) is 1. The molecule has 1 aromatic rings. The highest BCUT2D eigenvalue weighted by molar-refractivity contribution is 9.10. The van der Waals surface area contributed by atoms with Crippen LogP contribution in [0.5, 0.6) is 5.75 Å². The van der Waals surface area contributed by atoms with E-state index in [1.165, 1.54) is 11.1 Å². The maximum atomic E-state index is 9.41. The molecule has 2 rings (SSSR count). The molecule has 1 aliphatic carbocycles. The van der Waals surface area contributed by atoms with Crippen LogP contribution in [0.4, 0.5) is 0 Å². The molecule has 1 aliphatic rings. The van der Waals surface area contributed by atoms with Crippen LogP contribution in [0.3, 0.4) is 0 Å². The minimum atomic E-state index is -0.239. The van der Waals surface area contributed by atoms with E-state index >= 15 is 0 Å². The minimum absolute atomic E-state index is 0.239. The summed E-state index contributed by atoms with van der Waals surface area (Å²) in [6.07, 6.45) is 4.52. The first-order valence-electron chi connectivity index (χ1n) is 5.39. The number of allylic oxidation sites excluding steroid dienone is 1. The van der Waals surface area contributed by atoms with Crippen molar-refractivity contribution in [1.29, 1.82) is 0 Å². The molecular formula is C13H15BrO2. The molecule has 0 heterocycles. The number of benzene rings is 1. The lowest BCUT2D eigenvalue weighted by atomic mass is 10.0. The monoisotopic (exact) mass is 282 g/mol. The summed E-state index contributed by atoms with van der Waals surface area (Å²) in [5.74, 6) is 0.851. The van der Waals surface area contributed by atoms with Gasteiger partial charge in [-0.3, -0.25) is 0 Å². The fourth-order valence-electron chi connectivity index (χ4n) is 2.00. The fourth-order valence-corrected chi connectivity index (χ4v) is 2.59. The van der Waals surface area contributed by atoms with E-state index in [9.17, 15) is 5.11 Å². The van der Waals surface area contributed by atoms with E-state index in [2.05, 4.69) is 28.1 Å². The first kappa shape index (κ1) is 11.7. The van der Waals surface area contributed by atoms with Crippen molar-refractivity contribution in [2.75, 3.05) is 7.11 Å². The number of methoxy groups -OCH3 is 1. The Morgan fingerprint density at radius 3 is 2.88 bits per heavy atom. The SMILES string of the molecule is COc1ccc(CC2=CC(O)CC2)cc1Br. The first-order chi connectivity index (χ1) is 7.69. The molecule has 0 aliphatic heterocycles. The van der Waals surface area contributed by atoms with Gasteiger partial charge in [0.2, 0.25) is 0 Å². The summed E-state index contributed by atoms with van der Waals surface area (Å²) in [5, 5.41) is 9.41. The third-order valence-electron chi connectivity index (χ3n) is 2.84. The number of hydrogen-bond acceptors (Lipinski definition) is 2. The molecule has 1 N–H and O–H groups in total. The molecule has 0 amide bonds. The van der Waals surface area contributed by atoms with Crippen molar-refractivity contribution in [3.8, 4) is 5.75 Å². The van der Waals surface area contributed by atoms with Crippen LogP contribution in [0.25, 0.3) is 0 Å². The third-order valence-corrected chi connectivity index (χ3v) is 3.46. The number of aliphatic hydroxyl groups excluding tert-OH is 1. The topological polar surface area (TPSA) is 29.5 Å². The average Bonchev–Trinajstić information content (AvgIpc) is 2.64. The molecule has 0 saturated heterocycles. The highest BCUT2D eigenvalue weighted by Crippen LogP contribution is 2.28. The standard InChI is InChI=1S/C13H15BrO2/c1-16-13-5-3-10(8-12(13)14)6-9-2-4-11(15)7-9/h3,5,7-8,11,15H,2,4,6H2,1H3. The summed E-state index contributed by atoms with van der Waals surface area (Å²) >= 11 is 3.47. The predicted octanol–water partition coefficient (Wildman–Crippen LogP) is 3.08. The van der Waals surface area contributed by atoms with E-state index in [4.69, 9.17) is 4.74 Å². The Morgan fingerprint density at radius 1 is 1.50 bits per heavy atom. The Balaban J connectivity index is 2.11. The zero-order valence-corrected chi connectivity index (χ0v) is 10.8. The van der Waals surface area contributed by atoms with Crippen LogP contribution in [0.1, 0.15) is 18.4 Å². The van der Waals surface area contributed by atoms with Crippen molar-refractivity contribution in [1.82, 2.24) is 0 Å². The lowest BCUT2D eigenvalue weighted by Crippen LogP contribution is -1.93. The molecule has 0 bridgehead atoms. The van der Waals surface area contributed by atoms with E-state index in [-0.39, 0.29) is 6.10 Å². The van der Waals surface area contributed by atoms with Gasteiger partial charge in [-0.1, -0.05) is 17.7 Å². The van der Waals surface area contributed by atoms with Crippen LogP contribution in [0.2, 0.25) is 0 Å². The largest absolute Gasteiger partial charge is 0.496 e. The minimum Gasteiger partial charge on any atom is -0.496 e. The van der Waals surface area contributed by atoms with E-state index in [1.54, 1.807) is 7.11 Å². The van der Waals surface area contributed by atoms with Crippen molar-refractivity contribution >= 4 is 15.9 Å². The highest BCUT2D eigenvalue weighted by Gasteiger charge is 2.13. The third kappa shape index (κ3) is 2.66. The van der Waals surface area contributed by atoms with Gasteiger partial charge >= 0.3 is 0 Å². The predicted molar refractivity (Wildman–Crippen MR) is 67.7 cm³/mol. The summed E-state index contributed by atoms with van der Waals surface area (Å²) in [7, 11) is 1.66. The highest BCUT2D eigenvalue weighted by atomic mass is 79.9. The van der Waals surface area contributed by atoms with E-state index in [0.717, 1.165) is 29.5 Å². The normalized spacial score (nSPS) is 19.7. The second-order valence-corrected chi connectivity index (χ2v) is 4.93. The van der Waals surface area contributed by atoms with Crippen LogP contribution < -0.4 is 4.74 Å². The van der Waals surface area contributed by atoms with E-state index < -0.39 is 0 Å². The quantitative estimate of drug-likeness (QED) is 0.864. The number of rotatable bonds is 3. The molecule has 16 heavy (non-hydrogen) atoms. The van der Waals surface area contributed by atoms with Crippen LogP contribution in [0.15, 0.2) is 34.3 Å². The van der Waals surface area contributed by atoms with Gasteiger partial charge in [0, 0.05) is 0 Å². The van der Waals surface area contributed by atoms with Gasteiger partial charge in [-0.2, -0.15) is 0 Å². The molecule has 86 valence electrons. The van der Waals surface area contributed by atoms with Gasteiger partial charge in [0.1, 0.15) is 5.75 Å². The van der Waals surface area contributed by atoms with Crippen LogP contribution >= 0.6 is 15.9 Å². The van der Waals surface area contributed by atoms with Crippen molar-refractivity contribution in [2.24, 2.45) is 0 Å². The van der Waals surface area contributed by atoms with Crippen LogP contribution in [-0.4, -0.2) is 18.3 Å². The van der Waals surface area contributed by atoms with Crippen molar-refractivity contribution < 1.29 is 9.84 Å². The number of aliphatic hydroxyl groups is 1. The molecule has 3 heteroatoms. The Hall–Kier alpha value is -0.800. The van der Waals surface area contributed by atoms with Crippen molar-refractivity contribution in [3.05, 3.63) is 39.9 Å². The van der Waals surface area contributed by atoms with E-state index in [0.29, 0.717) is 0 Å². The lowest BCUT2D eigenvalue weighted by Gasteiger charge is -2.06. The maximum Gasteiger partial charge on any atom is 0.133 e. The molecule has 1 unspecified atom stereocenters. The zero-order valence-electron chi connectivity index (χ0n) is 9.24. The smallest absolute Gasteiger partial charge is 0.133 e. The van der Waals surface area contributed by atoms with Gasteiger partial charge in [0.05, 0.1) is 17.7 Å².